The lowest BCUT2D eigenvalue weighted by atomic mass is 10.1. The standard InChI is InChI=1S/C25H28N4O3/c1-16-19-6-3-4-8-21(19)32-22(16)15-28(2)23(30)10-9-17-12-18-14-29-11-5-7-20(29)25(31)27-24(18)26-13-17/h3-4,6,8-10,12-13,20,24,26H,5,7,11,14-15H2,1-2H3,(H,27,31)/b10-9+/t20-,24?/m0/s1. The summed E-state index contributed by atoms with van der Waals surface area (Å²) in [4.78, 5) is 29.0. The largest absolute Gasteiger partial charge is 0.459 e. The molecule has 1 unspecified atom stereocenters. The molecule has 2 fully saturated rings. The Morgan fingerprint density at radius 2 is 2.19 bits per heavy atom. The van der Waals surface area contributed by atoms with E-state index in [1.807, 2.05) is 43.5 Å². The quantitative estimate of drug-likeness (QED) is 0.727. The number of hydrogen-bond acceptors (Lipinski definition) is 5. The molecule has 7 heteroatoms. The van der Waals surface area contributed by atoms with Crippen molar-refractivity contribution in [2.75, 3.05) is 20.1 Å². The third-order valence-corrected chi connectivity index (χ3v) is 6.60. The van der Waals surface area contributed by atoms with Gasteiger partial charge in [-0.3, -0.25) is 14.5 Å². The van der Waals surface area contributed by atoms with Gasteiger partial charge in [0.25, 0.3) is 0 Å². The summed E-state index contributed by atoms with van der Waals surface area (Å²) in [5.74, 6) is 0.793. The molecule has 2 aromatic rings. The van der Waals surface area contributed by atoms with Crippen molar-refractivity contribution in [3.8, 4) is 0 Å². The van der Waals surface area contributed by atoms with E-state index in [-0.39, 0.29) is 24.0 Å². The van der Waals surface area contributed by atoms with E-state index in [1.54, 1.807) is 18.0 Å². The summed E-state index contributed by atoms with van der Waals surface area (Å²) >= 11 is 0. The molecule has 2 saturated heterocycles. The van der Waals surface area contributed by atoms with Crippen LogP contribution in [0.15, 0.2) is 64.3 Å². The van der Waals surface area contributed by atoms with E-state index in [4.69, 9.17) is 4.42 Å². The molecule has 1 aromatic heterocycles. The van der Waals surface area contributed by atoms with Crippen LogP contribution in [0.2, 0.25) is 0 Å². The molecule has 2 atom stereocenters. The van der Waals surface area contributed by atoms with Gasteiger partial charge >= 0.3 is 0 Å². The van der Waals surface area contributed by atoms with Crippen LogP contribution in [0, 0.1) is 6.92 Å². The van der Waals surface area contributed by atoms with Crippen molar-refractivity contribution < 1.29 is 14.0 Å². The van der Waals surface area contributed by atoms with E-state index in [0.29, 0.717) is 6.54 Å². The van der Waals surface area contributed by atoms with E-state index in [2.05, 4.69) is 21.6 Å². The Morgan fingerprint density at radius 3 is 3.03 bits per heavy atom. The van der Waals surface area contributed by atoms with Gasteiger partial charge in [0.15, 0.2) is 0 Å². The van der Waals surface area contributed by atoms with Crippen molar-refractivity contribution in [2.24, 2.45) is 0 Å². The number of nitrogens with one attached hydrogen (secondary N) is 2. The average Bonchev–Trinajstić information content (AvgIpc) is 3.35. The number of rotatable bonds is 4. The Labute approximate surface area is 187 Å². The second-order valence-corrected chi connectivity index (χ2v) is 8.77. The zero-order valence-corrected chi connectivity index (χ0v) is 18.4. The molecule has 166 valence electrons. The van der Waals surface area contributed by atoms with Gasteiger partial charge in [-0.15, -0.1) is 0 Å². The van der Waals surface area contributed by atoms with Crippen molar-refractivity contribution in [3.63, 3.8) is 0 Å². The molecular formula is C25H28N4O3. The summed E-state index contributed by atoms with van der Waals surface area (Å²) in [5, 5.41) is 7.43. The molecule has 0 radical (unpaired) electrons. The van der Waals surface area contributed by atoms with Gasteiger partial charge in [-0.05, 0) is 55.7 Å². The SMILES string of the molecule is Cc1c(CN(C)C(=O)/C=C/C2=CNC3NC(=O)[C@@H]4CCCN4CC3=C2)oc2ccccc12. The number of amides is 2. The van der Waals surface area contributed by atoms with E-state index in [1.165, 1.54) is 0 Å². The third kappa shape index (κ3) is 3.84. The monoisotopic (exact) mass is 432 g/mol. The molecular weight excluding hydrogens is 404 g/mol. The molecule has 2 N–H and O–H groups in total. The maximum Gasteiger partial charge on any atom is 0.246 e. The number of likely N-dealkylation sites (N-methyl/N-ethyl adjacent to an activating group) is 1. The van der Waals surface area contributed by atoms with E-state index >= 15 is 0 Å². The fourth-order valence-corrected chi connectivity index (χ4v) is 4.74. The Kier molecular flexibility index (Phi) is 5.35. The Balaban J connectivity index is 1.25. The molecule has 7 nitrogen and oxygen atoms in total. The zero-order valence-electron chi connectivity index (χ0n) is 18.4. The van der Waals surface area contributed by atoms with Crippen molar-refractivity contribution in [3.05, 3.63) is 71.2 Å². The Bertz CT molecular complexity index is 1160. The molecule has 0 aliphatic carbocycles. The maximum absolute atomic E-state index is 12.7. The number of aryl methyl sites for hydroxylation is 1. The van der Waals surface area contributed by atoms with Crippen LogP contribution >= 0.6 is 0 Å². The number of para-hydroxylation sites is 1. The number of carbonyl (C=O) groups is 2. The van der Waals surface area contributed by atoms with Gasteiger partial charge in [-0.2, -0.15) is 0 Å². The van der Waals surface area contributed by atoms with Gasteiger partial charge in [0.05, 0.1) is 12.6 Å². The predicted octanol–water partition coefficient (Wildman–Crippen LogP) is 2.59. The van der Waals surface area contributed by atoms with Crippen LogP contribution in [0.5, 0.6) is 0 Å². The van der Waals surface area contributed by atoms with Gasteiger partial charge in [0.2, 0.25) is 11.8 Å². The van der Waals surface area contributed by atoms with Crippen LogP contribution in [-0.2, 0) is 16.1 Å². The Morgan fingerprint density at radius 1 is 1.34 bits per heavy atom. The minimum atomic E-state index is -0.181. The van der Waals surface area contributed by atoms with Gasteiger partial charge in [-0.1, -0.05) is 18.2 Å². The summed E-state index contributed by atoms with van der Waals surface area (Å²) in [6.45, 7) is 4.13. The molecule has 1 aromatic carbocycles. The number of benzene rings is 1. The molecule has 3 aliphatic rings. The highest BCUT2D eigenvalue weighted by Gasteiger charge is 2.37. The average molecular weight is 433 g/mol. The van der Waals surface area contributed by atoms with Crippen molar-refractivity contribution in [2.45, 2.75) is 38.5 Å². The predicted molar refractivity (Wildman–Crippen MR) is 122 cm³/mol. The first-order chi connectivity index (χ1) is 15.5. The number of carbonyl (C=O) groups excluding carboxylic acids is 2. The highest BCUT2D eigenvalue weighted by molar-refractivity contribution is 5.88. The fourth-order valence-electron chi connectivity index (χ4n) is 4.74. The summed E-state index contributed by atoms with van der Waals surface area (Å²) in [5.41, 5.74) is 3.93. The lowest BCUT2D eigenvalue weighted by Gasteiger charge is -2.24. The molecule has 0 bridgehead atoms. The van der Waals surface area contributed by atoms with Crippen LogP contribution in [-0.4, -0.2) is 54.0 Å². The molecule has 32 heavy (non-hydrogen) atoms. The van der Waals surface area contributed by atoms with E-state index < -0.39 is 0 Å². The second-order valence-electron chi connectivity index (χ2n) is 8.77. The van der Waals surface area contributed by atoms with Gasteiger partial charge in [0.1, 0.15) is 17.5 Å². The number of furan rings is 1. The summed E-state index contributed by atoms with van der Waals surface area (Å²) in [6, 6.07) is 7.88. The minimum absolute atomic E-state index is 0.0285. The smallest absolute Gasteiger partial charge is 0.246 e. The van der Waals surface area contributed by atoms with Crippen LogP contribution in [0.4, 0.5) is 0 Å². The van der Waals surface area contributed by atoms with Gasteiger partial charge in [0, 0.05) is 36.8 Å². The molecule has 4 heterocycles. The lowest BCUT2D eigenvalue weighted by molar-refractivity contribution is -0.126. The number of fused-ring (bicyclic) bond motifs is 3. The maximum atomic E-state index is 12.7. The first-order valence-electron chi connectivity index (χ1n) is 11.1. The Hall–Kier alpha value is -3.32. The summed E-state index contributed by atoms with van der Waals surface area (Å²) < 4.78 is 5.94. The normalized spacial score (nSPS) is 23.1. The van der Waals surface area contributed by atoms with Crippen molar-refractivity contribution >= 4 is 22.8 Å². The highest BCUT2D eigenvalue weighted by atomic mass is 16.3. The minimum Gasteiger partial charge on any atom is -0.459 e. The summed E-state index contributed by atoms with van der Waals surface area (Å²) in [6.07, 6.45) is 9.09. The van der Waals surface area contributed by atoms with Crippen molar-refractivity contribution in [1.82, 2.24) is 20.4 Å². The summed E-state index contributed by atoms with van der Waals surface area (Å²) in [7, 11) is 1.77. The van der Waals surface area contributed by atoms with E-state index in [9.17, 15) is 9.59 Å². The molecule has 0 saturated carbocycles. The number of nitrogens with zero attached hydrogens (tertiary/aromatic N) is 2. The first kappa shape index (κ1) is 20.6. The third-order valence-electron chi connectivity index (χ3n) is 6.60. The van der Waals surface area contributed by atoms with Gasteiger partial charge in [-0.25, -0.2) is 0 Å². The number of dihydropyridines is 1. The topological polar surface area (TPSA) is 77.8 Å². The molecule has 3 aliphatic heterocycles. The zero-order chi connectivity index (χ0) is 22.2. The van der Waals surface area contributed by atoms with Crippen LogP contribution < -0.4 is 10.6 Å². The molecule has 0 spiro atoms. The second kappa shape index (κ2) is 8.31. The van der Waals surface area contributed by atoms with E-state index in [0.717, 1.165) is 59.4 Å². The lowest BCUT2D eigenvalue weighted by Crippen LogP contribution is -2.47. The first-order valence-corrected chi connectivity index (χ1v) is 11.1. The van der Waals surface area contributed by atoms with Crippen LogP contribution in [0.3, 0.4) is 0 Å². The molecule has 2 amide bonds. The molecule has 5 rings (SSSR count). The van der Waals surface area contributed by atoms with Crippen LogP contribution in [0.25, 0.3) is 11.0 Å². The number of allylic oxidation sites excluding steroid dienone is 3. The van der Waals surface area contributed by atoms with Gasteiger partial charge < -0.3 is 20.0 Å². The fraction of sp³-hybridized carbons (Fsp3) is 0.360. The van der Waals surface area contributed by atoms with Crippen LogP contribution in [0.1, 0.15) is 24.2 Å². The number of hydrogen-bond donors (Lipinski definition) is 2. The van der Waals surface area contributed by atoms with Crippen molar-refractivity contribution in [1.29, 1.82) is 0 Å². The highest BCUT2D eigenvalue weighted by Crippen LogP contribution is 2.26.